The number of carbonyl (C=O) groups is 1. The standard InChI is InChI=1S/C24H28ClFN2O2/c25-21-6-2-19(3-7-21)18-27-12-1-13-28(15-14-27)23(29)24(10-16-30-17-11-24)20-4-8-22(26)9-5-20/h2-9H,1,10-18H2. The van der Waals surface area contributed by atoms with E-state index in [0.29, 0.717) is 32.6 Å². The summed E-state index contributed by atoms with van der Waals surface area (Å²) in [6.07, 6.45) is 2.22. The van der Waals surface area contributed by atoms with E-state index in [4.69, 9.17) is 16.3 Å². The molecule has 160 valence electrons. The molecule has 2 fully saturated rings. The van der Waals surface area contributed by atoms with E-state index in [2.05, 4.69) is 17.0 Å². The molecule has 4 nitrogen and oxygen atoms in total. The van der Waals surface area contributed by atoms with E-state index in [1.807, 2.05) is 17.0 Å². The maximum absolute atomic E-state index is 13.8. The van der Waals surface area contributed by atoms with E-state index in [0.717, 1.165) is 43.2 Å². The van der Waals surface area contributed by atoms with E-state index < -0.39 is 5.41 Å². The van der Waals surface area contributed by atoms with Crippen molar-refractivity contribution in [1.82, 2.24) is 9.80 Å². The van der Waals surface area contributed by atoms with Crippen molar-refractivity contribution >= 4 is 17.5 Å². The molecule has 2 heterocycles. The quantitative estimate of drug-likeness (QED) is 0.726. The van der Waals surface area contributed by atoms with Crippen molar-refractivity contribution in [3.05, 3.63) is 70.5 Å². The van der Waals surface area contributed by atoms with Crippen molar-refractivity contribution in [2.45, 2.75) is 31.2 Å². The second-order valence-corrected chi connectivity index (χ2v) is 8.69. The molecule has 0 bridgehead atoms. The van der Waals surface area contributed by atoms with Gasteiger partial charge in [0.2, 0.25) is 5.91 Å². The van der Waals surface area contributed by atoms with Gasteiger partial charge in [0.1, 0.15) is 5.82 Å². The Morgan fingerprint density at radius 2 is 1.67 bits per heavy atom. The Hall–Kier alpha value is -1.95. The van der Waals surface area contributed by atoms with E-state index in [1.54, 1.807) is 12.1 Å². The molecule has 6 heteroatoms. The van der Waals surface area contributed by atoms with E-state index in [9.17, 15) is 9.18 Å². The first-order chi connectivity index (χ1) is 14.6. The third kappa shape index (κ3) is 4.69. The predicted octanol–water partition coefficient (Wildman–Crippen LogP) is 4.26. The summed E-state index contributed by atoms with van der Waals surface area (Å²) < 4.78 is 19.1. The zero-order valence-corrected chi connectivity index (χ0v) is 17.9. The molecule has 4 rings (SSSR count). The van der Waals surface area contributed by atoms with E-state index in [-0.39, 0.29) is 11.7 Å². The van der Waals surface area contributed by atoms with Crippen molar-refractivity contribution in [3.8, 4) is 0 Å². The van der Waals surface area contributed by atoms with Crippen molar-refractivity contribution in [3.63, 3.8) is 0 Å². The monoisotopic (exact) mass is 430 g/mol. The molecular formula is C24H28ClFN2O2. The Labute approximate surface area is 182 Å². The van der Waals surface area contributed by atoms with Crippen LogP contribution in [0.15, 0.2) is 48.5 Å². The van der Waals surface area contributed by atoms with Crippen LogP contribution in [-0.4, -0.2) is 55.1 Å². The summed E-state index contributed by atoms with van der Waals surface area (Å²) >= 11 is 5.99. The van der Waals surface area contributed by atoms with Crippen LogP contribution in [0, 0.1) is 5.82 Å². The highest BCUT2D eigenvalue weighted by atomic mass is 35.5. The average molecular weight is 431 g/mol. The minimum atomic E-state index is -0.614. The molecule has 0 spiro atoms. The Morgan fingerprint density at radius 3 is 2.37 bits per heavy atom. The number of rotatable bonds is 4. The first-order valence-electron chi connectivity index (χ1n) is 10.7. The lowest BCUT2D eigenvalue weighted by molar-refractivity contribution is -0.141. The number of benzene rings is 2. The zero-order chi connectivity index (χ0) is 21.0. The minimum absolute atomic E-state index is 0.158. The molecule has 0 saturated carbocycles. The Balaban J connectivity index is 1.47. The van der Waals surface area contributed by atoms with Gasteiger partial charge >= 0.3 is 0 Å². The maximum atomic E-state index is 13.8. The number of carbonyl (C=O) groups excluding carboxylic acids is 1. The van der Waals surface area contributed by atoms with Gasteiger partial charge in [0, 0.05) is 51.0 Å². The van der Waals surface area contributed by atoms with Gasteiger partial charge in [-0.3, -0.25) is 9.69 Å². The van der Waals surface area contributed by atoms with Gasteiger partial charge in [-0.25, -0.2) is 4.39 Å². The number of nitrogens with zero attached hydrogens (tertiary/aromatic N) is 2. The topological polar surface area (TPSA) is 32.8 Å². The molecule has 2 aromatic rings. The molecule has 0 aromatic heterocycles. The van der Waals surface area contributed by atoms with Crippen molar-refractivity contribution in [1.29, 1.82) is 0 Å². The Morgan fingerprint density at radius 1 is 0.967 bits per heavy atom. The second kappa shape index (κ2) is 9.46. The summed E-state index contributed by atoms with van der Waals surface area (Å²) in [6, 6.07) is 14.4. The molecule has 2 aliphatic rings. The molecule has 2 aromatic carbocycles. The third-order valence-electron chi connectivity index (χ3n) is 6.35. The van der Waals surface area contributed by atoms with Gasteiger partial charge in [-0.2, -0.15) is 0 Å². The number of halogens is 2. The zero-order valence-electron chi connectivity index (χ0n) is 17.2. The Kier molecular flexibility index (Phi) is 6.71. The van der Waals surface area contributed by atoms with Crippen molar-refractivity contribution < 1.29 is 13.9 Å². The SMILES string of the molecule is O=C(N1CCCN(Cc2ccc(Cl)cc2)CC1)C1(c2ccc(F)cc2)CCOCC1. The van der Waals surface area contributed by atoms with Crippen LogP contribution >= 0.6 is 11.6 Å². The average Bonchev–Trinajstić information content (AvgIpc) is 3.01. The van der Waals surface area contributed by atoms with Gasteiger partial charge in [0.15, 0.2) is 0 Å². The highest BCUT2D eigenvalue weighted by molar-refractivity contribution is 6.30. The summed E-state index contributed by atoms with van der Waals surface area (Å²) in [5, 5.41) is 0.744. The number of hydrogen-bond donors (Lipinski definition) is 0. The highest BCUT2D eigenvalue weighted by Gasteiger charge is 2.44. The first-order valence-corrected chi connectivity index (χ1v) is 11.0. The number of ether oxygens (including phenoxy) is 1. The molecular weight excluding hydrogens is 403 g/mol. The molecule has 2 aliphatic heterocycles. The smallest absolute Gasteiger partial charge is 0.233 e. The van der Waals surface area contributed by atoms with Crippen LogP contribution < -0.4 is 0 Å². The molecule has 0 aliphatic carbocycles. The maximum Gasteiger partial charge on any atom is 0.233 e. The molecule has 2 saturated heterocycles. The van der Waals surface area contributed by atoms with Crippen LogP contribution in [0.4, 0.5) is 4.39 Å². The van der Waals surface area contributed by atoms with E-state index >= 15 is 0 Å². The van der Waals surface area contributed by atoms with Gasteiger partial charge in [0.25, 0.3) is 0 Å². The fraction of sp³-hybridized carbons (Fsp3) is 0.458. The molecule has 1 amide bonds. The van der Waals surface area contributed by atoms with Crippen LogP contribution in [-0.2, 0) is 21.5 Å². The van der Waals surface area contributed by atoms with Crippen molar-refractivity contribution in [2.24, 2.45) is 0 Å². The largest absolute Gasteiger partial charge is 0.381 e. The number of amides is 1. The normalized spacial score (nSPS) is 20.0. The van der Waals surface area contributed by atoms with Crippen LogP contribution in [0.3, 0.4) is 0 Å². The van der Waals surface area contributed by atoms with Gasteiger partial charge in [-0.15, -0.1) is 0 Å². The lowest BCUT2D eigenvalue weighted by atomic mass is 9.73. The molecule has 0 N–H and O–H groups in total. The fourth-order valence-electron chi connectivity index (χ4n) is 4.60. The van der Waals surface area contributed by atoms with Gasteiger partial charge in [0.05, 0.1) is 5.41 Å². The van der Waals surface area contributed by atoms with Crippen molar-refractivity contribution in [2.75, 3.05) is 39.4 Å². The number of hydrogen-bond acceptors (Lipinski definition) is 3. The second-order valence-electron chi connectivity index (χ2n) is 8.25. The molecule has 0 atom stereocenters. The van der Waals surface area contributed by atoms with Gasteiger partial charge < -0.3 is 9.64 Å². The molecule has 30 heavy (non-hydrogen) atoms. The van der Waals surface area contributed by atoms with Crippen LogP contribution in [0.1, 0.15) is 30.4 Å². The van der Waals surface area contributed by atoms with Crippen LogP contribution in [0.2, 0.25) is 5.02 Å². The Bertz CT molecular complexity index is 851. The van der Waals surface area contributed by atoms with Crippen LogP contribution in [0.25, 0.3) is 0 Å². The molecule has 0 unspecified atom stereocenters. The summed E-state index contributed by atoms with van der Waals surface area (Å²) in [6.45, 7) is 5.22. The lowest BCUT2D eigenvalue weighted by Crippen LogP contribution is -2.50. The third-order valence-corrected chi connectivity index (χ3v) is 6.60. The summed E-state index contributed by atoms with van der Waals surface area (Å²) in [5.74, 6) is -0.119. The summed E-state index contributed by atoms with van der Waals surface area (Å²) in [7, 11) is 0. The first kappa shape index (κ1) is 21.3. The summed E-state index contributed by atoms with van der Waals surface area (Å²) in [4.78, 5) is 18.2. The molecule has 0 radical (unpaired) electrons. The highest BCUT2D eigenvalue weighted by Crippen LogP contribution is 2.37. The predicted molar refractivity (Wildman–Crippen MR) is 116 cm³/mol. The summed E-state index contributed by atoms with van der Waals surface area (Å²) in [5.41, 5.74) is 1.52. The fourth-order valence-corrected chi connectivity index (χ4v) is 4.72. The van der Waals surface area contributed by atoms with E-state index in [1.165, 1.54) is 17.7 Å². The lowest BCUT2D eigenvalue weighted by Gasteiger charge is -2.40. The van der Waals surface area contributed by atoms with Gasteiger partial charge in [-0.1, -0.05) is 35.9 Å². The van der Waals surface area contributed by atoms with Crippen LogP contribution in [0.5, 0.6) is 0 Å². The minimum Gasteiger partial charge on any atom is -0.381 e. The van der Waals surface area contributed by atoms with Gasteiger partial charge in [-0.05, 0) is 54.7 Å².